The minimum Gasteiger partial charge on any atom is -0.207 e. The van der Waals surface area contributed by atoms with Crippen molar-refractivity contribution in [3.63, 3.8) is 0 Å². The van der Waals surface area contributed by atoms with E-state index in [9.17, 15) is 4.39 Å². The van der Waals surface area contributed by atoms with Crippen LogP contribution < -0.4 is 0 Å². The summed E-state index contributed by atoms with van der Waals surface area (Å²) in [6.07, 6.45) is 7.91. The first-order chi connectivity index (χ1) is 10.0. The third-order valence-electron chi connectivity index (χ3n) is 7.48. The molecule has 3 aliphatic carbocycles. The van der Waals surface area contributed by atoms with Gasteiger partial charge in [0.25, 0.3) is 0 Å². The maximum absolute atomic E-state index is 13.9. The summed E-state index contributed by atoms with van der Waals surface area (Å²) in [6.45, 7) is 6.94. The molecule has 3 aliphatic rings. The number of aryl methyl sites for hydroxylation is 2. The lowest BCUT2D eigenvalue weighted by Crippen LogP contribution is -2.41. The standard InChI is InChI=1S/C20H27F/c1-12-10-17-14(11-19(12)21)5-6-16-15(17)8-9-20(3)13(2)4-7-18(16)20/h10-11,13,15-16,18H,4-9H2,1-3H3/t13?,15?,16?,18?,20-/m1/s1. The van der Waals surface area contributed by atoms with E-state index in [0.29, 0.717) is 11.3 Å². The Hall–Kier alpha value is -0.850. The minimum atomic E-state index is -0.0117. The quantitative estimate of drug-likeness (QED) is 0.580. The highest BCUT2D eigenvalue weighted by Crippen LogP contribution is 2.62. The van der Waals surface area contributed by atoms with E-state index in [4.69, 9.17) is 0 Å². The van der Waals surface area contributed by atoms with Gasteiger partial charge in [0.05, 0.1) is 0 Å². The van der Waals surface area contributed by atoms with Crippen molar-refractivity contribution in [1.82, 2.24) is 0 Å². The Balaban J connectivity index is 1.73. The zero-order valence-electron chi connectivity index (χ0n) is 13.6. The summed E-state index contributed by atoms with van der Waals surface area (Å²) in [6, 6.07) is 3.99. The fourth-order valence-electron chi connectivity index (χ4n) is 5.97. The molecule has 0 aliphatic heterocycles. The van der Waals surface area contributed by atoms with Gasteiger partial charge in [0, 0.05) is 0 Å². The largest absolute Gasteiger partial charge is 0.207 e. The van der Waals surface area contributed by atoms with Gasteiger partial charge >= 0.3 is 0 Å². The molecule has 2 fully saturated rings. The first kappa shape index (κ1) is 13.8. The van der Waals surface area contributed by atoms with E-state index < -0.39 is 0 Å². The third-order valence-corrected chi connectivity index (χ3v) is 7.48. The van der Waals surface area contributed by atoms with Crippen molar-refractivity contribution in [3.05, 3.63) is 34.6 Å². The van der Waals surface area contributed by atoms with E-state index in [1.54, 1.807) is 0 Å². The Bertz CT molecular complexity index is 575. The van der Waals surface area contributed by atoms with E-state index in [1.165, 1.54) is 43.2 Å². The van der Waals surface area contributed by atoms with Crippen molar-refractivity contribution in [2.75, 3.05) is 0 Å². The fourth-order valence-corrected chi connectivity index (χ4v) is 5.97. The SMILES string of the molecule is Cc1cc2c(cc1F)CCC1C2CC[C@]2(C)C(C)CCC12. The number of rotatable bonds is 0. The number of benzene rings is 1. The summed E-state index contributed by atoms with van der Waals surface area (Å²) in [7, 11) is 0. The monoisotopic (exact) mass is 286 g/mol. The van der Waals surface area contributed by atoms with Crippen molar-refractivity contribution >= 4 is 0 Å². The van der Waals surface area contributed by atoms with Gasteiger partial charge in [0.15, 0.2) is 0 Å². The van der Waals surface area contributed by atoms with Crippen LogP contribution in [-0.2, 0) is 6.42 Å². The highest BCUT2D eigenvalue weighted by molar-refractivity contribution is 5.38. The van der Waals surface area contributed by atoms with Crippen molar-refractivity contribution < 1.29 is 4.39 Å². The van der Waals surface area contributed by atoms with Crippen LogP contribution >= 0.6 is 0 Å². The van der Waals surface area contributed by atoms with Gasteiger partial charge < -0.3 is 0 Å². The Morgan fingerprint density at radius 3 is 2.76 bits per heavy atom. The van der Waals surface area contributed by atoms with Gasteiger partial charge in [0.2, 0.25) is 0 Å². The lowest BCUT2D eigenvalue weighted by molar-refractivity contribution is 0.0336. The lowest BCUT2D eigenvalue weighted by atomic mass is 9.54. The predicted molar refractivity (Wildman–Crippen MR) is 84.9 cm³/mol. The van der Waals surface area contributed by atoms with Crippen molar-refractivity contribution in [2.24, 2.45) is 23.2 Å². The maximum Gasteiger partial charge on any atom is 0.126 e. The van der Waals surface area contributed by atoms with E-state index in [0.717, 1.165) is 29.7 Å². The Morgan fingerprint density at radius 1 is 1.14 bits per heavy atom. The molecule has 1 heteroatoms. The molecule has 4 rings (SSSR count). The zero-order chi connectivity index (χ0) is 14.8. The van der Waals surface area contributed by atoms with Crippen LogP contribution in [0.3, 0.4) is 0 Å². The summed E-state index contributed by atoms with van der Waals surface area (Å²) in [5, 5.41) is 0. The molecule has 0 N–H and O–H groups in total. The molecule has 5 atom stereocenters. The van der Waals surface area contributed by atoms with Gasteiger partial charge in [-0.15, -0.1) is 0 Å². The van der Waals surface area contributed by atoms with E-state index in [2.05, 4.69) is 19.9 Å². The number of halogens is 1. The van der Waals surface area contributed by atoms with Crippen LogP contribution in [0.4, 0.5) is 4.39 Å². The first-order valence-corrected chi connectivity index (χ1v) is 8.79. The molecule has 0 bridgehead atoms. The Morgan fingerprint density at radius 2 is 1.95 bits per heavy atom. The lowest BCUT2D eigenvalue weighted by Gasteiger charge is -2.50. The van der Waals surface area contributed by atoms with Gasteiger partial charge in [-0.3, -0.25) is 0 Å². The second-order valence-electron chi connectivity index (χ2n) is 8.24. The van der Waals surface area contributed by atoms with Crippen LogP contribution in [-0.4, -0.2) is 0 Å². The smallest absolute Gasteiger partial charge is 0.126 e. The van der Waals surface area contributed by atoms with Crippen molar-refractivity contribution in [1.29, 1.82) is 0 Å². The van der Waals surface area contributed by atoms with E-state index in [-0.39, 0.29) is 5.82 Å². The summed E-state index contributed by atoms with van der Waals surface area (Å²) in [5.41, 5.74) is 4.21. The summed E-state index contributed by atoms with van der Waals surface area (Å²) in [5.74, 6) is 3.34. The van der Waals surface area contributed by atoms with Gasteiger partial charge in [-0.2, -0.15) is 0 Å². The molecule has 4 unspecified atom stereocenters. The van der Waals surface area contributed by atoms with Crippen LogP contribution in [0.25, 0.3) is 0 Å². The Kier molecular flexibility index (Phi) is 3.00. The number of hydrogen-bond donors (Lipinski definition) is 0. The highest BCUT2D eigenvalue weighted by Gasteiger charge is 2.53. The molecule has 0 nitrogen and oxygen atoms in total. The fraction of sp³-hybridized carbons (Fsp3) is 0.700. The third kappa shape index (κ3) is 1.85. The average Bonchev–Trinajstić information content (AvgIpc) is 2.76. The molecule has 0 heterocycles. The summed E-state index contributed by atoms with van der Waals surface area (Å²) < 4.78 is 13.9. The molecule has 1 aromatic carbocycles. The predicted octanol–water partition coefficient (Wildman–Crippen LogP) is 5.63. The molecule has 2 saturated carbocycles. The van der Waals surface area contributed by atoms with Gasteiger partial charge in [-0.1, -0.05) is 19.9 Å². The van der Waals surface area contributed by atoms with Crippen molar-refractivity contribution in [3.8, 4) is 0 Å². The van der Waals surface area contributed by atoms with Crippen LogP contribution in [0.2, 0.25) is 0 Å². The topological polar surface area (TPSA) is 0 Å². The first-order valence-electron chi connectivity index (χ1n) is 8.79. The van der Waals surface area contributed by atoms with E-state index >= 15 is 0 Å². The minimum absolute atomic E-state index is 0.0117. The normalized spacial score (nSPS) is 41.3. The molecule has 0 amide bonds. The molecule has 0 saturated heterocycles. The number of hydrogen-bond acceptors (Lipinski definition) is 0. The molecule has 0 radical (unpaired) electrons. The molecule has 1 aromatic rings. The van der Waals surface area contributed by atoms with Crippen LogP contribution in [0.15, 0.2) is 12.1 Å². The van der Waals surface area contributed by atoms with Crippen LogP contribution in [0, 0.1) is 35.9 Å². The van der Waals surface area contributed by atoms with Gasteiger partial charge in [-0.25, -0.2) is 4.39 Å². The van der Waals surface area contributed by atoms with Crippen LogP contribution in [0.1, 0.15) is 68.6 Å². The molecule has 21 heavy (non-hydrogen) atoms. The van der Waals surface area contributed by atoms with Gasteiger partial charge in [-0.05, 0) is 97.3 Å². The highest BCUT2D eigenvalue weighted by atomic mass is 19.1. The number of fused-ring (bicyclic) bond motifs is 5. The molecule has 0 aromatic heterocycles. The van der Waals surface area contributed by atoms with Crippen molar-refractivity contribution in [2.45, 2.75) is 65.2 Å². The second-order valence-corrected chi connectivity index (χ2v) is 8.24. The molecular formula is C20H27F. The second kappa shape index (κ2) is 4.57. The summed E-state index contributed by atoms with van der Waals surface area (Å²) >= 11 is 0. The van der Waals surface area contributed by atoms with Gasteiger partial charge in [0.1, 0.15) is 5.82 Å². The van der Waals surface area contributed by atoms with Crippen LogP contribution in [0.5, 0.6) is 0 Å². The molecular weight excluding hydrogens is 259 g/mol. The Labute approximate surface area is 128 Å². The maximum atomic E-state index is 13.9. The zero-order valence-corrected chi connectivity index (χ0v) is 13.6. The average molecular weight is 286 g/mol. The summed E-state index contributed by atoms with van der Waals surface area (Å²) in [4.78, 5) is 0. The molecule has 0 spiro atoms. The van der Waals surface area contributed by atoms with E-state index in [1.807, 2.05) is 13.0 Å². The molecule has 114 valence electrons.